The number of hydrogen-bond donors (Lipinski definition) is 1. The van der Waals surface area contributed by atoms with Gasteiger partial charge in [-0.25, -0.2) is 0 Å². The molecule has 0 saturated carbocycles. The molecule has 1 aliphatic heterocycles. The quantitative estimate of drug-likeness (QED) is 0.842. The highest BCUT2D eigenvalue weighted by molar-refractivity contribution is 5.93. The Morgan fingerprint density at radius 2 is 2.26 bits per heavy atom. The highest BCUT2D eigenvalue weighted by Crippen LogP contribution is 2.33. The van der Waals surface area contributed by atoms with E-state index in [9.17, 15) is 9.59 Å². The third-order valence-corrected chi connectivity index (χ3v) is 3.35. The highest BCUT2D eigenvalue weighted by Gasteiger charge is 2.30. The Bertz CT molecular complexity index is 486. The number of carboxylic acid groups (broad SMARTS) is 1. The molecule has 0 aromatic heterocycles. The summed E-state index contributed by atoms with van der Waals surface area (Å²) < 4.78 is 5.18. The molecule has 1 heterocycles. The molecule has 1 fully saturated rings. The summed E-state index contributed by atoms with van der Waals surface area (Å²) >= 11 is 0. The van der Waals surface area contributed by atoms with E-state index < -0.39 is 12.4 Å². The summed E-state index contributed by atoms with van der Waals surface area (Å²) in [5.41, 5.74) is 0.996. The lowest BCUT2D eigenvalue weighted by Crippen LogP contribution is -2.31. The van der Waals surface area contributed by atoms with Crippen LogP contribution in [0.3, 0.4) is 0 Å². The van der Waals surface area contributed by atoms with Crippen molar-refractivity contribution in [1.82, 2.24) is 4.90 Å². The van der Waals surface area contributed by atoms with Gasteiger partial charge in [0.2, 0.25) is 5.91 Å². The molecule has 0 aliphatic carbocycles. The summed E-state index contributed by atoms with van der Waals surface area (Å²) in [6.45, 7) is 0.619. The maximum Gasteiger partial charge on any atom is 0.312 e. The van der Waals surface area contributed by atoms with E-state index in [-0.39, 0.29) is 11.9 Å². The minimum atomic E-state index is -1.08. The SMILES string of the molecule is COc1cccc(C2CCCN2C(=O)CC(=O)O)c1. The van der Waals surface area contributed by atoms with Crippen LogP contribution in [-0.2, 0) is 9.59 Å². The predicted octanol–water partition coefficient (Wildman–Crippen LogP) is 1.83. The van der Waals surface area contributed by atoms with Gasteiger partial charge in [-0.2, -0.15) is 0 Å². The molecule has 2 rings (SSSR count). The summed E-state index contributed by atoms with van der Waals surface area (Å²) in [7, 11) is 1.60. The Hall–Kier alpha value is -2.04. The number of aliphatic carboxylic acids is 1. The zero-order valence-electron chi connectivity index (χ0n) is 10.8. The first-order chi connectivity index (χ1) is 9.11. The van der Waals surface area contributed by atoms with Gasteiger partial charge in [-0.05, 0) is 30.5 Å². The van der Waals surface area contributed by atoms with Crippen molar-refractivity contribution in [2.45, 2.75) is 25.3 Å². The van der Waals surface area contributed by atoms with Gasteiger partial charge in [0.05, 0.1) is 13.2 Å². The van der Waals surface area contributed by atoms with Gasteiger partial charge in [-0.15, -0.1) is 0 Å². The molecule has 1 unspecified atom stereocenters. The molecule has 102 valence electrons. The van der Waals surface area contributed by atoms with Crippen LogP contribution in [0, 0.1) is 0 Å². The van der Waals surface area contributed by atoms with Gasteiger partial charge in [0.1, 0.15) is 12.2 Å². The van der Waals surface area contributed by atoms with E-state index in [1.54, 1.807) is 12.0 Å². The van der Waals surface area contributed by atoms with E-state index in [1.165, 1.54) is 0 Å². The molecule has 19 heavy (non-hydrogen) atoms. The topological polar surface area (TPSA) is 66.8 Å². The number of amides is 1. The van der Waals surface area contributed by atoms with Gasteiger partial charge in [0, 0.05) is 6.54 Å². The number of hydrogen-bond acceptors (Lipinski definition) is 3. The molecule has 1 aliphatic rings. The Kier molecular flexibility index (Phi) is 4.04. The summed E-state index contributed by atoms with van der Waals surface area (Å²) in [5.74, 6) is -0.658. The predicted molar refractivity (Wildman–Crippen MR) is 68.9 cm³/mol. The standard InChI is InChI=1S/C14H17NO4/c1-19-11-5-2-4-10(8-11)12-6-3-7-15(12)13(16)9-14(17)18/h2,4-5,8,12H,3,6-7,9H2,1H3,(H,17,18). The first kappa shape index (κ1) is 13.4. The Morgan fingerprint density at radius 1 is 1.47 bits per heavy atom. The monoisotopic (exact) mass is 263 g/mol. The number of carbonyl (C=O) groups excluding carboxylic acids is 1. The molecule has 1 atom stereocenters. The lowest BCUT2D eigenvalue weighted by Gasteiger charge is -2.24. The molecule has 1 aromatic carbocycles. The third-order valence-electron chi connectivity index (χ3n) is 3.35. The molecule has 5 heteroatoms. The van der Waals surface area contributed by atoms with Crippen molar-refractivity contribution in [2.75, 3.05) is 13.7 Å². The number of nitrogens with zero attached hydrogens (tertiary/aromatic N) is 1. The average Bonchev–Trinajstić information content (AvgIpc) is 2.87. The van der Waals surface area contributed by atoms with Crippen molar-refractivity contribution < 1.29 is 19.4 Å². The van der Waals surface area contributed by atoms with E-state index >= 15 is 0 Å². The first-order valence-electron chi connectivity index (χ1n) is 6.27. The molecular formula is C14H17NO4. The zero-order chi connectivity index (χ0) is 13.8. The van der Waals surface area contributed by atoms with Crippen molar-refractivity contribution in [1.29, 1.82) is 0 Å². The number of benzene rings is 1. The van der Waals surface area contributed by atoms with Crippen molar-refractivity contribution in [3.05, 3.63) is 29.8 Å². The molecule has 5 nitrogen and oxygen atoms in total. The number of likely N-dealkylation sites (tertiary alicyclic amines) is 1. The molecule has 0 bridgehead atoms. The second-order valence-electron chi connectivity index (χ2n) is 4.59. The summed E-state index contributed by atoms with van der Waals surface area (Å²) in [6, 6.07) is 7.53. The number of carbonyl (C=O) groups is 2. The van der Waals surface area contributed by atoms with Crippen LogP contribution in [0.1, 0.15) is 30.9 Å². The molecule has 1 amide bonds. The zero-order valence-corrected chi connectivity index (χ0v) is 10.8. The van der Waals surface area contributed by atoms with Gasteiger partial charge in [-0.1, -0.05) is 12.1 Å². The van der Waals surface area contributed by atoms with E-state index in [1.807, 2.05) is 24.3 Å². The molecule has 0 spiro atoms. The van der Waals surface area contributed by atoms with Gasteiger partial charge >= 0.3 is 5.97 Å². The number of ether oxygens (including phenoxy) is 1. The van der Waals surface area contributed by atoms with Gasteiger partial charge in [-0.3, -0.25) is 9.59 Å². The second kappa shape index (κ2) is 5.73. The van der Waals surface area contributed by atoms with E-state index in [0.717, 1.165) is 24.2 Å². The smallest absolute Gasteiger partial charge is 0.312 e. The van der Waals surface area contributed by atoms with Crippen molar-refractivity contribution in [3.8, 4) is 5.75 Å². The van der Waals surface area contributed by atoms with Gasteiger partial charge in [0.25, 0.3) is 0 Å². The fourth-order valence-electron chi connectivity index (χ4n) is 2.49. The maximum absolute atomic E-state index is 11.9. The first-order valence-corrected chi connectivity index (χ1v) is 6.27. The molecule has 0 radical (unpaired) electrons. The van der Waals surface area contributed by atoms with E-state index in [0.29, 0.717) is 6.54 Å². The van der Waals surface area contributed by atoms with Crippen LogP contribution >= 0.6 is 0 Å². The summed E-state index contributed by atoms with van der Waals surface area (Å²) in [5, 5.41) is 8.72. The van der Waals surface area contributed by atoms with Crippen molar-refractivity contribution in [2.24, 2.45) is 0 Å². The molecular weight excluding hydrogens is 246 g/mol. The lowest BCUT2D eigenvalue weighted by atomic mass is 10.0. The fourth-order valence-corrected chi connectivity index (χ4v) is 2.49. The van der Waals surface area contributed by atoms with Gasteiger partial charge < -0.3 is 14.7 Å². The molecule has 1 N–H and O–H groups in total. The van der Waals surface area contributed by atoms with E-state index in [4.69, 9.17) is 9.84 Å². The highest BCUT2D eigenvalue weighted by atomic mass is 16.5. The maximum atomic E-state index is 11.9. The van der Waals surface area contributed by atoms with Crippen LogP contribution in [0.15, 0.2) is 24.3 Å². The van der Waals surface area contributed by atoms with Crippen LogP contribution < -0.4 is 4.74 Å². The minimum Gasteiger partial charge on any atom is -0.497 e. The van der Waals surface area contributed by atoms with Crippen molar-refractivity contribution >= 4 is 11.9 Å². The number of rotatable bonds is 4. The third kappa shape index (κ3) is 3.05. The minimum absolute atomic E-state index is 0.0399. The van der Waals surface area contributed by atoms with Crippen LogP contribution in [0.25, 0.3) is 0 Å². The second-order valence-corrected chi connectivity index (χ2v) is 4.59. The Balaban J connectivity index is 2.17. The normalized spacial score (nSPS) is 18.4. The fraction of sp³-hybridized carbons (Fsp3) is 0.429. The average molecular weight is 263 g/mol. The number of methoxy groups -OCH3 is 1. The van der Waals surface area contributed by atoms with Crippen LogP contribution in [-0.4, -0.2) is 35.5 Å². The summed E-state index contributed by atoms with van der Waals surface area (Å²) in [4.78, 5) is 24.2. The van der Waals surface area contributed by atoms with E-state index in [2.05, 4.69) is 0 Å². The Labute approximate surface area is 111 Å². The van der Waals surface area contributed by atoms with Crippen LogP contribution in [0.5, 0.6) is 5.75 Å². The molecule has 1 aromatic rings. The van der Waals surface area contributed by atoms with Crippen molar-refractivity contribution in [3.63, 3.8) is 0 Å². The van der Waals surface area contributed by atoms with Gasteiger partial charge in [0.15, 0.2) is 0 Å². The molecule has 1 saturated heterocycles. The largest absolute Gasteiger partial charge is 0.497 e. The summed E-state index contributed by atoms with van der Waals surface area (Å²) in [6.07, 6.45) is 1.31. The Morgan fingerprint density at radius 3 is 2.95 bits per heavy atom. The van der Waals surface area contributed by atoms with Crippen LogP contribution in [0.2, 0.25) is 0 Å². The van der Waals surface area contributed by atoms with Crippen LogP contribution in [0.4, 0.5) is 0 Å². The lowest BCUT2D eigenvalue weighted by molar-refractivity contribution is -0.144. The number of carboxylic acids is 1.